The predicted octanol–water partition coefficient (Wildman–Crippen LogP) is 5.03. The number of aryl methyl sites for hydroxylation is 1. The molecule has 1 aromatic carbocycles. The quantitative estimate of drug-likeness (QED) is 0.245. The van der Waals surface area contributed by atoms with E-state index in [1.54, 1.807) is 0 Å². The van der Waals surface area contributed by atoms with Gasteiger partial charge in [0.15, 0.2) is 0 Å². The number of ether oxygens (including phenoxy) is 1. The Labute approximate surface area is 232 Å². The summed E-state index contributed by atoms with van der Waals surface area (Å²) in [6.07, 6.45) is -14.9. The zero-order valence-corrected chi connectivity index (χ0v) is 22.4. The number of hydrogen-bond donors (Lipinski definition) is 0. The highest BCUT2D eigenvalue weighted by atomic mass is 19.4. The van der Waals surface area contributed by atoms with E-state index >= 15 is 0 Å². The van der Waals surface area contributed by atoms with Gasteiger partial charge >= 0.3 is 24.5 Å². The van der Waals surface area contributed by atoms with Crippen molar-refractivity contribution in [2.24, 2.45) is 7.05 Å². The van der Waals surface area contributed by atoms with E-state index in [1.165, 1.54) is 26.0 Å². The summed E-state index contributed by atoms with van der Waals surface area (Å²) in [4.78, 5) is 19.5. The van der Waals surface area contributed by atoms with Gasteiger partial charge in [0.25, 0.3) is 5.95 Å². The minimum Gasteiger partial charge on any atom is -0.469 e. The Hall–Kier alpha value is -3.96. The van der Waals surface area contributed by atoms with Crippen LogP contribution in [-0.4, -0.2) is 57.3 Å². The molecule has 0 saturated carbocycles. The van der Waals surface area contributed by atoms with Crippen LogP contribution in [0.1, 0.15) is 46.0 Å². The van der Waals surface area contributed by atoms with Crippen LogP contribution in [0.3, 0.4) is 0 Å². The highest BCUT2D eigenvalue weighted by Crippen LogP contribution is 2.37. The number of tetrazole rings is 1. The van der Waals surface area contributed by atoms with Gasteiger partial charge in [0.05, 0.1) is 49.0 Å². The molecule has 0 bridgehead atoms. The maximum atomic E-state index is 13.7. The number of alkyl halides is 9. The lowest BCUT2D eigenvalue weighted by Crippen LogP contribution is -2.29. The fourth-order valence-electron chi connectivity index (χ4n) is 4.00. The van der Waals surface area contributed by atoms with E-state index in [9.17, 15) is 44.3 Å². The van der Waals surface area contributed by atoms with Gasteiger partial charge in [0, 0.05) is 19.3 Å². The number of nitrogens with zero attached hydrogens (tertiary/aromatic N) is 7. The second-order valence-corrected chi connectivity index (χ2v) is 9.37. The Morgan fingerprint density at radius 1 is 0.905 bits per heavy atom. The van der Waals surface area contributed by atoms with E-state index in [4.69, 9.17) is 0 Å². The lowest BCUT2D eigenvalue weighted by atomic mass is 10.00. The summed E-state index contributed by atoms with van der Waals surface area (Å²) >= 11 is 0. The Bertz CT molecular complexity index is 1370. The third-order valence-corrected chi connectivity index (χ3v) is 6.02. The number of esters is 1. The first-order valence-electron chi connectivity index (χ1n) is 11.9. The van der Waals surface area contributed by atoms with Crippen LogP contribution in [-0.2, 0) is 48.2 Å². The standard InChI is InChI=1S/C24H24F9N7O2/c1-38(2)18(9-19(41)42-4)20-14(7-17(10-34-20)24(31,32)33)12-40(21-35-37-39(3)36-21)11-13-5-15(22(25,26)27)8-16(6-13)23(28,29)30/h5-8,10,18H,9,11-12H2,1-4H3. The summed E-state index contributed by atoms with van der Waals surface area (Å²) in [6.45, 7) is -1.26. The molecule has 18 heteroatoms. The number of methoxy groups -OCH3 is 1. The number of carbonyl (C=O) groups is 1. The molecular weight excluding hydrogens is 589 g/mol. The Kier molecular flexibility index (Phi) is 9.38. The van der Waals surface area contributed by atoms with Crippen LogP contribution < -0.4 is 4.90 Å². The largest absolute Gasteiger partial charge is 0.469 e. The van der Waals surface area contributed by atoms with Crippen LogP contribution in [0.2, 0.25) is 0 Å². The highest BCUT2D eigenvalue weighted by Gasteiger charge is 2.38. The fraction of sp³-hybridized carbons (Fsp3) is 0.458. The fourth-order valence-corrected chi connectivity index (χ4v) is 4.00. The van der Waals surface area contributed by atoms with E-state index in [1.807, 2.05) is 0 Å². The van der Waals surface area contributed by atoms with Crippen molar-refractivity contribution in [3.05, 3.63) is 64.0 Å². The number of pyridine rings is 1. The van der Waals surface area contributed by atoms with E-state index < -0.39 is 65.9 Å². The highest BCUT2D eigenvalue weighted by molar-refractivity contribution is 5.70. The molecule has 0 aliphatic rings. The minimum absolute atomic E-state index is 0.0210. The van der Waals surface area contributed by atoms with Crippen LogP contribution in [0.15, 0.2) is 30.5 Å². The average molecular weight is 613 g/mol. The molecule has 0 spiro atoms. The topological polar surface area (TPSA) is 89.3 Å². The van der Waals surface area contributed by atoms with Crippen LogP contribution in [0.4, 0.5) is 45.5 Å². The number of rotatable bonds is 9. The van der Waals surface area contributed by atoms with Gasteiger partial charge in [0.1, 0.15) is 0 Å². The minimum atomic E-state index is -5.13. The van der Waals surface area contributed by atoms with Crippen molar-refractivity contribution in [3.63, 3.8) is 0 Å². The van der Waals surface area contributed by atoms with Gasteiger partial charge < -0.3 is 14.5 Å². The molecule has 0 radical (unpaired) electrons. The number of carbonyl (C=O) groups excluding carboxylic acids is 1. The van der Waals surface area contributed by atoms with Crippen molar-refractivity contribution in [3.8, 4) is 0 Å². The summed E-state index contributed by atoms with van der Waals surface area (Å²) in [7, 11) is 5.50. The number of halogens is 9. The average Bonchev–Trinajstić information content (AvgIpc) is 3.31. The first-order valence-corrected chi connectivity index (χ1v) is 11.9. The normalized spacial score (nSPS) is 13.4. The maximum Gasteiger partial charge on any atom is 0.417 e. The molecule has 3 rings (SSSR count). The number of anilines is 1. The molecular formula is C24H24F9N7O2. The SMILES string of the molecule is COC(=O)CC(c1ncc(C(F)(F)F)cc1CN(Cc1cc(C(F)(F)F)cc(C(F)(F)F)c1)c1nnn(C)n1)N(C)C. The molecule has 1 atom stereocenters. The molecule has 2 aromatic heterocycles. The second-order valence-electron chi connectivity index (χ2n) is 9.37. The molecule has 2 heterocycles. The third-order valence-electron chi connectivity index (χ3n) is 6.02. The van der Waals surface area contributed by atoms with Gasteiger partial charge in [-0.15, -0.1) is 5.10 Å². The zero-order chi connectivity index (χ0) is 31.6. The summed E-state index contributed by atoms with van der Waals surface area (Å²) < 4.78 is 127. The van der Waals surface area contributed by atoms with Gasteiger partial charge in [-0.2, -0.15) is 44.3 Å². The zero-order valence-electron chi connectivity index (χ0n) is 22.4. The Morgan fingerprint density at radius 3 is 1.93 bits per heavy atom. The van der Waals surface area contributed by atoms with Crippen LogP contribution in [0.5, 0.6) is 0 Å². The predicted molar refractivity (Wildman–Crippen MR) is 127 cm³/mol. The van der Waals surface area contributed by atoms with Crippen molar-refractivity contribution in [2.45, 2.75) is 44.1 Å². The van der Waals surface area contributed by atoms with Crippen molar-refractivity contribution in [1.29, 1.82) is 0 Å². The second kappa shape index (κ2) is 12.1. The van der Waals surface area contributed by atoms with Crippen molar-refractivity contribution < 1.29 is 49.0 Å². The lowest BCUT2D eigenvalue weighted by Gasteiger charge is -2.28. The molecule has 1 unspecified atom stereocenters. The smallest absolute Gasteiger partial charge is 0.417 e. The first kappa shape index (κ1) is 32.6. The lowest BCUT2D eigenvalue weighted by molar-refractivity contribution is -0.143. The Morgan fingerprint density at radius 2 is 1.48 bits per heavy atom. The van der Waals surface area contributed by atoms with Gasteiger partial charge in [-0.25, -0.2) is 0 Å². The molecule has 0 N–H and O–H groups in total. The van der Waals surface area contributed by atoms with Gasteiger partial charge in [-0.1, -0.05) is 5.10 Å². The number of benzene rings is 1. The molecule has 230 valence electrons. The number of hydrogen-bond acceptors (Lipinski definition) is 8. The van der Waals surface area contributed by atoms with Crippen molar-refractivity contribution >= 4 is 11.9 Å². The van der Waals surface area contributed by atoms with Gasteiger partial charge in [-0.05, 0) is 54.7 Å². The molecule has 0 amide bonds. The molecule has 0 saturated heterocycles. The molecule has 0 aliphatic carbocycles. The maximum absolute atomic E-state index is 13.7. The summed E-state index contributed by atoms with van der Waals surface area (Å²) in [5.41, 5.74) is -4.99. The summed E-state index contributed by atoms with van der Waals surface area (Å²) in [6, 6.07) is 0.745. The molecule has 0 aliphatic heterocycles. The molecule has 3 aromatic rings. The third kappa shape index (κ3) is 8.07. The molecule has 42 heavy (non-hydrogen) atoms. The molecule has 9 nitrogen and oxygen atoms in total. The first-order chi connectivity index (χ1) is 19.3. The van der Waals surface area contributed by atoms with Crippen LogP contribution in [0, 0.1) is 0 Å². The van der Waals surface area contributed by atoms with Gasteiger partial charge in [-0.3, -0.25) is 9.78 Å². The molecule has 0 fully saturated rings. The van der Waals surface area contributed by atoms with Crippen molar-refractivity contribution in [2.75, 3.05) is 26.1 Å². The van der Waals surface area contributed by atoms with E-state index in [0.717, 1.165) is 22.9 Å². The monoisotopic (exact) mass is 613 g/mol. The number of aromatic nitrogens is 5. The Balaban J connectivity index is 2.18. The van der Waals surface area contributed by atoms with Crippen LogP contribution >= 0.6 is 0 Å². The van der Waals surface area contributed by atoms with E-state index in [2.05, 4.69) is 25.1 Å². The van der Waals surface area contributed by atoms with Crippen molar-refractivity contribution in [1.82, 2.24) is 30.1 Å². The van der Waals surface area contributed by atoms with Gasteiger partial charge in [0.2, 0.25) is 0 Å². The van der Waals surface area contributed by atoms with E-state index in [-0.39, 0.29) is 29.7 Å². The van der Waals surface area contributed by atoms with Crippen LogP contribution in [0.25, 0.3) is 0 Å². The van der Waals surface area contributed by atoms with E-state index in [0.29, 0.717) is 18.3 Å². The summed E-state index contributed by atoms with van der Waals surface area (Å²) in [5, 5.41) is 11.3. The summed E-state index contributed by atoms with van der Waals surface area (Å²) in [5.74, 6) is -1.02.